The maximum Gasteiger partial charge on any atom is 0.196 e. The Morgan fingerprint density at radius 1 is 1.17 bits per heavy atom. The van der Waals surface area contributed by atoms with Gasteiger partial charge < -0.3 is 0 Å². The number of carbonyl (C=O) groups is 1. The van der Waals surface area contributed by atoms with Crippen LogP contribution in [0.3, 0.4) is 0 Å². The molecule has 0 aliphatic carbocycles. The molecule has 0 saturated carbocycles. The van der Waals surface area contributed by atoms with Crippen LogP contribution in [-0.4, -0.2) is 6.29 Å². The first kappa shape index (κ1) is 9.06. The van der Waals surface area contributed by atoms with Crippen LogP contribution in [0.5, 0.6) is 0 Å². The normalized spacial score (nSPS) is 10.0. The van der Waals surface area contributed by atoms with Gasteiger partial charge >= 0.3 is 0 Å². The highest BCUT2D eigenvalue weighted by atomic mass is 35.5. The van der Waals surface area contributed by atoms with Gasteiger partial charge in [-0.3, -0.25) is 4.79 Å². The lowest BCUT2D eigenvalue weighted by atomic mass is 10.2. The zero-order valence-electron chi connectivity index (χ0n) is 5.57. The van der Waals surface area contributed by atoms with Gasteiger partial charge in [-0.1, -0.05) is 11.6 Å². The summed E-state index contributed by atoms with van der Waals surface area (Å²) >= 11 is 5.13. The lowest BCUT2D eigenvalue weighted by Crippen LogP contribution is -1.97. The van der Waals surface area contributed by atoms with Crippen molar-refractivity contribution in [2.75, 3.05) is 0 Å². The Labute approximate surface area is 70.8 Å². The minimum absolute atomic E-state index is 0.0593. The van der Waals surface area contributed by atoms with E-state index >= 15 is 0 Å². The predicted molar refractivity (Wildman–Crippen MR) is 36.7 cm³/mol. The minimum Gasteiger partial charge on any atom is -0.298 e. The number of benzene rings is 1. The Morgan fingerprint density at radius 2 is 1.75 bits per heavy atom. The molecule has 0 aliphatic heterocycles. The van der Waals surface area contributed by atoms with Crippen LogP contribution in [0.15, 0.2) is 6.07 Å². The fourth-order valence-electron chi connectivity index (χ4n) is 0.677. The first-order valence-electron chi connectivity index (χ1n) is 2.86. The molecule has 1 nitrogen and oxygen atoms in total. The topological polar surface area (TPSA) is 17.1 Å². The molecule has 1 aromatic rings. The average molecular weight is 195 g/mol. The van der Waals surface area contributed by atoms with Crippen LogP contribution in [-0.2, 0) is 0 Å². The molecule has 64 valence electrons. The number of aldehydes is 1. The van der Waals surface area contributed by atoms with Crippen molar-refractivity contribution in [3.63, 3.8) is 0 Å². The fourth-order valence-corrected chi connectivity index (χ4v) is 0.877. The monoisotopic (exact) mass is 194 g/mol. The van der Waals surface area contributed by atoms with E-state index < -0.39 is 28.0 Å². The molecular weight excluding hydrogens is 193 g/mol. The van der Waals surface area contributed by atoms with Gasteiger partial charge in [0, 0.05) is 0 Å². The van der Waals surface area contributed by atoms with Gasteiger partial charge in [0.05, 0.1) is 10.6 Å². The number of rotatable bonds is 1. The van der Waals surface area contributed by atoms with Gasteiger partial charge in [-0.15, -0.1) is 0 Å². The zero-order valence-corrected chi connectivity index (χ0v) is 6.33. The van der Waals surface area contributed by atoms with Crippen molar-refractivity contribution in [3.8, 4) is 0 Å². The van der Waals surface area contributed by atoms with E-state index in [0.717, 1.165) is 6.07 Å². The number of carbonyl (C=O) groups excluding carboxylic acids is 1. The van der Waals surface area contributed by atoms with Crippen molar-refractivity contribution in [2.24, 2.45) is 0 Å². The van der Waals surface area contributed by atoms with Gasteiger partial charge in [0.2, 0.25) is 0 Å². The van der Waals surface area contributed by atoms with Crippen molar-refractivity contribution in [1.82, 2.24) is 0 Å². The molecule has 0 amide bonds. The van der Waals surface area contributed by atoms with Crippen LogP contribution in [0.25, 0.3) is 0 Å². The van der Waals surface area contributed by atoms with E-state index in [1.165, 1.54) is 0 Å². The Balaban J connectivity index is 3.49. The van der Waals surface area contributed by atoms with Gasteiger partial charge in [-0.25, -0.2) is 13.2 Å². The molecule has 1 rings (SSSR count). The Morgan fingerprint density at radius 3 is 2.25 bits per heavy atom. The van der Waals surface area contributed by atoms with Crippen LogP contribution in [0.2, 0.25) is 5.02 Å². The maximum absolute atomic E-state index is 12.5. The molecule has 0 aliphatic rings. The summed E-state index contributed by atoms with van der Waals surface area (Å²) in [7, 11) is 0. The summed E-state index contributed by atoms with van der Waals surface area (Å²) in [5, 5.41) is -0.615. The average Bonchev–Trinajstić information content (AvgIpc) is 2.08. The van der Waals surface area contributed by atoms with E-state index in [-0.39, 0.29) is 6.29 Å². The van der Waals surface area contributed by atoms with Crippen molar-refractivity contribution in [3.05, 3.63) is 34.1 Å². The molecule has 12 heavy (non-hydrogen) atoms. The number of hydrogen-bond donors (Lipinski definition) is 0. The van der Waals surface area contributed by atoms with E-state index in [1.54, 1.807) is 0 Å². The first-order chi connectivity index (χ1) is 5.57. The highest BCUT2D eigenvalue weighted by molar-refractivity contribution is 6.31. The summed E-state index contributed by atoms with van der Waals surface area (Å²) in [6.07, 6.45) is 0.0593. The second kappa shape index (κ2) is 3.15. The minimum atomic E-state index is -1.73. The lowest BCUT2D eigenvalue weighted by molar-refractivity contribution is 0.111. The maximum atomic E-state index is 12.5. The van der Waals surface area contributed by atoms with Crippen LogP contribution in [0, 0.1) is 17.5 Å². The molecule has 0 radical (unpaired) electrons. The molecule has 0 bridgehead atoms. The fraction of sp³-hybridized carbons (Fsp3) is 0. The van der Waals surface area contributed by atoms with Crippen molar-refractivity contribution < 1.29 is 18.0 Å². The van der Waals surface area contributed by atoms with Gasteiger partial charge in [0.1, 0.15) is 0 Å². The Bertz CT molecular complexity index is 338. The number of hydrogen-bond acceptors (Lipinski definition) is 1. The van der Waals surface area contributed by atoms with Crippen molar-refractivity contribution in [2.45, 2.75) is 0 Å². The predicted octanol–water partition coefficient (Wildman–Crippen LogP) is 2.57. The van der Waals surface area contributed by atoms with Gasteiger partial charge in [0.15, 0.2) is 23.7 Å². The summed E-state index contributed by atoms with van der Waals surface area (Å²) < 4.78 is 37.4. The number of halogens is 4. The summed E-state index contributed by atoms with van der Waals surface area (Å²) in [6, 6.07) is 0.725. The quantitative estimate of drug-likeness (QED) is 0.382. The summed E-state index contributed by atoms with van der Waals surface area (Å²) in [6.45, 7) is 0. The van der Waals surface area contributed by atoms with E-state index in [0.29, 0.717) is 0 Å². The second-order valence-electron chi connectivity index (χ2n) is 2.01. The molecule has 0 atom stereocenters. The van der Waals surface area contributed by atoms with Crippen LogP contribution < -0.4 is 0 Å². The Hall–Kier alpha value is -1.03. The van der Waals surface area contributed by atoms with E-state index in [9.17, 15) is 18.0 Å². The largest absolute Gasteiger partial charge is 0.298 e. The third kappa shape index (κ3) is 1.30. The Kier molecular flexibility index (Phi) is 2.38. The van der Waals surface area contributed by atoms with Crippen LogP contribution in [0.4, 0.5) is 13.2 Å². The van der Waals surface area contributed by atoms with Gasteiger partial charge in [-0.2, -0.15) is 0 Å². The highest BCUT2D eigenvalue weighted by Gasteiger charge is 2.16. The molecule has 5 heteroatoms. The zero-order chi connectivity index (χ0) is 9.30. The van der Waals surface area contributed by atoms with E-state index in [1.807, 2.05) is 0 Å². The van der Waals surface area contributed by atoms with Gasteiger partial charge in [0.25, 0.3) is 0 Å². The molecule has 0 saturated heterocycles. The summed E-state index contributed by atoms with van der Waals surface area (Å²) in [5.74, 6) is -4.74. The lowest BCUT2D eigenvalue weighted by Gasteiger charge is -1.99. The molecular formula is C7H2ClF3O. The van der Waals surface area contributed by atoms with Crippen LogP contribution in [0.1, 0.15) is 10.4 Å². The first-order valence-corrected chi connectivity index (χ1v) is 3.24. The van der Waals surface area contributed by atoms with E-state index in [2.05, 4.69) is 0 Å². The second-order valence-corrected chi connectivity index (χ2v) is 2.41. The third-order valence-electron chi connectivity index (χ3n) is 1.26. The molecule has 0 unspecified atom stereocenters. The van der Waals surface area contributed by atoms with Crippen molar-refractivity contribution >= 4 is 17.9 Å². The molecule has 1 aromatic carbocycles. The highest BCUT2D eigenvalue weighted by Crippen LogP contribution is 2.22. The molecule has 0 fully saturated rings. The molecule has 0 spiro atoms. The molecule has 0 aromatic heterocycles. The SMILES string of the molecule is O=Cc1cc(Cl)c(F)c(F)c1F. The van der Waals surface area contributed by atoms with Crippen molar-refractivity contribution in [1.29, 1.82) is 0 Å². The third-order valence-corrected chi connectivity index (χ3v) is 1.53. The standard InChI is InChI=1S/C7H2ClF3O/c8-4-1-3(2-12)5(9)7(11)6(4)10/h1-2H. The molecule has 0 N–H and O–H groups in total. The van der Waals surface area contributed by atoms with Gasteiger partial charge in [-0.05, 0) is 6.07 Å². The molecule has 0 heterocycles. The summed E-state index contributed by atoms with van der Waals surface area (Å²) in [5.41, 5.74) is -0.598. The van der Waals surface area contributed by atoms with E-state index in [4.69, 9.17) is 11.6 Å². The smallest absolute Gasteiger partial charge is 0.196 e. The summed E-state index contributed by atoms with van der Waals surface area (Å²) in [4.78, 5) is 10.1. The van der Waals surface area contributed by atoms with Crippen LogP contribution >= 0.6 is 11.6 Å².